The number of nitrogens with one attached hydrogen (secondary N) is 1. The molecule has 0 unspecified atom stereocenters. The summed E-state index contributed by atoms with van der Waals surface area (Å²) in [5.74, 6) is 0. The Balaban J connectivity index is 0. The fourth-order valence-corrected chi connectivity index (χ4v) is 1.10. The summed E-state index contributed by atoms with van der Waals surface area (Å²) in [4.78, 5) is 8.06. The van der Waals surface area contributed by atoms with Gasteiger partial charge in [-0.2, -0.15) is 10.5 Å². The molecule has 0 aliphatic heterocycles. The molecule has 124 valence electrons. The van der Waals surface area contributed by atoms with Crippen molar-refractivity contribution in [3.05, 3.63) is 48.3 Å². The predicted octanol–water partition coefficient (Wildman–Crippen LogP) is 0.593. The Morgan fingerprint density at radius 1 is 1.08 bits per heavy atom. The van der Waals surface area contributed by atoms with E-state index in [1.807, 2.05) is 48.1 Å². The number of nitriles is 2. The summed E-state index contributed by atoms with van der Waals surface area (Å²) in [5, 5.41) is 29.7. The minimum atomic E-state index is 1.06. The molecule has 0 saturated carbocycles. The van der Waals surface area contributed by atoms with Crippen LogP contribution >= 0.6 is 0 Å². The molecule has 0 radical (unpaired) electrons. The first-order chi connectivity index (χ1) is 11.5. The van der Waals surface area contributed by atoms with E-state index in [2.05, 4.69) is 39.0 Å². The number of hydrogen-bond donors (Lipinski definition) is 1. The molecule has 0 bridgehead atoms. The molecule has 0 atom stereocenters. The van der Waals surface area contributed by atoms with Crippen LogP contribution in [0.4, 0.5) is 0 Å². The normalized spacial score (nSPS) is 7.04. The quantitative estimate of drug-likeness (QED) is 0.464. The van der Waals surface area contributed by atoms with Crippen molar-refractivity contribution in [1.82, 2.24) is 9.55 Å². The predicted molar refractivity (Wildman–Crippen MR) is 86.1 cm³/mol. The van der Waals surface area contributed by atoms with Crippen molar-refractivity contribution >= 4 is 12.0 Å². The number of hydrogen-bond acceptors (Lipinski definition) is 4. The van der Waals surface area contributed by atoms with E-state index in [4.69, 9.17) is 21.3 Å². The third kappa shape index (κ3) is 16.2. The van der Waals surface area contributed by atoms with Crippen molar-refractivity contribution in [3.8, 4) is 12.4 Å². The molecule has 0 aliphatic carbocycles. The minimum Gasteiger partial charge on any atom is -0.422 e. The number of rotatable bonds is 1. The molecule has 1 N–H and O–H groups in total. The van der Waals surface area contributed by atoms with Crippen LogP contribution in [-0.2, 0) is 20.6 Å². The molecule has 0 fully saturated rings. The Hall–Kier alpha value is -3.84. The summed E-state index contributed by atoms with van der Waals surface area (Å²) in [6.07, 6.45) is 14.4. The highest BCUT2D eigenvalue weighted by atomic mass is 15.1. The second-order valence-electron chi connectivity index (χ2n) is 3.81. The molecule has 0 amide bonds. The van der Waals surface area contributed by atoms with Crippen LogP contribution < -0.4 is 9.13 Å². The number of aliphatic imine (C=N–C) groups is 2. The summed E-state index contributed by atoms with van der Waals surface area (Å²) in [6.45, 7) is 3.18. The lowest BCUT2D eigenvalue weighted by Crippen LogP contribution is -2.23. The molecule has 2 heterocycles. The molecule has 24 heavy (non-hydrogen) atoms. The van der Waals surface area contributed by atoms with Crippen LogP contribution in [0.25, 0.3) is 10.8 Å². The summed E-state index contributed by atoms with van der Waals surface area (Å²) < 4.78 is 6.10. The van der Waals surface area contributed by atoms with Gasteiger partial charge in [0.05, 0.1) is 33.0 Å². The highest BCUT2D eigenvalue weighted by molar-refractivity contribution is 5.46. The van der Waals surface area contributed by atoms with Gasteiger partial charge in [-0.25, -0.2) is 13.7 Å². The highest BCUT2D eigenvalue weighted by Gasteiger charge is 1.92. The van der Waals surface area contributed by atoms with Gasteiger partial charge in [-0.3, -0.25) is 4.98 Å². The number of H-pyrrole nitrogens is 1. The monoisotopic (exact) mass is 326 g/mol. The fraction of sp³-hybridized carbons (Fsp3) is 0.286. The first kappa shape index (κ1) is 22.4. The molecule has 10 nitrogen and oxygen atoms in total. The van der Waals surface area contributed by atoms with E-state index >= 15 is 0 Å². The summed E-state index contributed by atoms with van der Waals surface area (Å²) >= 11 is 0. The Bertz CT molecular complexity index is 688. The molecule has 0 aliphatic rings. The van der Waals surface area contributed by atoms with E-state index in [1.165, 1.54) is 24.4 Å². The Labute approximate surface area is 140 Å². The van der Waals surface area contributed by atoms with Crippen molar-refractivity contribution in [1.29, 1.82) is 10.5 Å². The maximum absolute atomic E-state index is 7.43. The molecule has 2 aromatic heterocycles. The van der Waals surface area contributed by atoms with Crippen molar-refractivity contribution in [2.45, 2.75) is 13.5 Å². The number of aromatic nitrogens is 4. The number of imidazole rings is 2. The Morgan fingerprint density at radius 3 is 1.79 bits per heavy atom. The zero-order valence-corrected chi connectivity index (χ0v) is 13.7. The van der Waals surface area contributed by atoms with Gasteiger partial charge < -0.3 is 20.8 Å². The van der Waals surface area contributed by atoms with Gasteiger partial charge in [-0.15, -0.1) is 12.0 Å². The van der Waals surface area contributed by atoms with Crippen LogP contribution in [-0.4, -0.2) is 21.6 Å². The van der Waals surface area contributed by atoms with Crippen LogP contribution in [0.2, 0.25) is 0 Å². The largest absolute Gasteiger partial charge is 0.422 e. The molecule has 2 rings (SSSR count). The van der Waals surface area contributed by atoms with Gasteiger partial charge in [0.2, 0.25) is 12.7 Å². The topological polar surface area (TPSA) is 145 Å². The lowest BCUT2D eigenvalue weighted by Gasteiger charge is -1.81. The molecular weight excluding hydrogens is 308 g/mol. The maximum atomic E-state index is 7.43. The van der Waals surface area contributed by atoms with Crippen LogP contribution in [0, 0.1) is 22.9 Å². The van der Waals surface area contributed by atoms with Crippen LogP contribution in [0.5, 0.6) is 0 Å². The third-order valence-electron chi connectivity index (χ3n) is 2.07. The van der Waals surface area contributed by atoms with Gasteiger partial charge in [0.15, 0.2) is 0 Å². The van der Waals surface area contributed by atoms with Gasteiger partial charge in [0.1, 0.15) is 24.8 Å². The second kappa shape index (κ2) is 17.2. The van der Waals surface area contributed by atoms with Crippen molar-refractivity contribution in [2.75, 3.05) is 0 Å². The van der Waals surface area contributed by atoms with E-state index in [9.17, 15) is 0 Å². The Kier molecular flexibility index (Phi) is 16.1. The van der Waals surface area contributed by atoms with Crippen molar-refractivity contribution < 1.29 is 9.13 Å². The lowest BCUT2D eigenvalue weighted by atomic mass is 10.7. The summed E-state index contributed by atoms with van der Waals surface area (Å²) in [7, 11) is 3.99. The SMILES string of the molecule is CCn1cc[n+](C)c1.C[n+]1cc[nH]c1.N#CN=C=[N-].N#CN=C=[N-]. The van der Waals surface area contributed by atoms with Crippen molar-refractivity contribution in [3.63, 3.8) is 0 Å². The first-order valence-electron chi connectivity index (χ1n) is 6.50. The van der Waals surface area contributed by atoms with Crippen LogP contribution in [0.15, 0.2) is 47.4 Å². The highest BCUT2D eigenvalue weighted by Crippen LogP contribution is 1.79. The molecular formula is C14H18N10. The molecule has 0 saturated heterocycles. The molecule has 0 spiro atoms. The second-order valence-corrected chi connectivity index (χ2v) is 3.81. The van der Waals surface area contributed by atoms with Gasteiger partial charge in [0, 0.05) is 0 Å². The molecule has 0 aromatic carbocycles. The van der Waals surface area contributed by atoms with E-state index in [1.54, 1.807) is 0 Å². The van der Waals surface area contributed by atoms with E-state index in [0.29, 0.717) is 0 Å². The maximum Gasteiger partial charge on any atom is 0.243 e. The summed E-state index contributed by atoms with van der Waals surface area (Å²) in [5.41, 5.74) is 0. The number of aryl methyl sites for hydroxylation is 3. The van der Waals surface area contributed by atoms with E-state index in [-0.39, 0.29) is 0 Å². The van der Waals surface area contributed by atoms with Crippen molar-refractivity contribution in [2.24, 2.45) is 24.1 Å². The van der Waals surface area contributed by atoms with Gasteiger partial charge in [0.25, 0.3) is 0 Å². The first-order valence-corrected chi connectivity index (χ1v) is 6.50. The molecule has 2 aromatic rings. The zero-order chi connectivity index (χ0) is 18.6. The van der Waals surface area contributed by atoms with Crippen LogP contribution in [0.1, 0.15) is 6.92 Å². The minimum absolute atomic E-state index is 1.06. The number of aromatic amines is 1. The standard InChI is InChI=1S/C6H11N2.C4H6N2.2C2N3/c1-3-8-5-4-7(2)6-8;1-6-3-2-5-4-6;2*3-1-5-2-4/h4-6H,3H2,1-2H3;2-4H,1H3;;/q+1;;2*-1/p+1. The average molecular weight is 326 g/mol. The van der Waals surface area contributed by atoms with Crippen LogP contribution in [0.3, 0.4) is 0 Å². The van der Waals surface area contributed by atoms with E-state index < -0.39 is 0 Å². The smallest absolute Gasteiger partial charge is 0.243 e. The lowest BCUT2D eigenvalue weighted by molar-refractivity contribution is -0.671. The van der Waals surface area contributed by atoms with Gasteiger partial charge in [-0.05, 0) is 6.92 Å². The van der Waals surface area contributed by atoms with E-state index in [0.717, 1.165) is 6.54 Å². The average Bonchev–Trinajstić information content (AvgIpc) is 3.22. The fourth-order valence-electron chi connectivity index (χ4n) is 1.10. The number of nitrogens with zero attached hydrogens (tertiary/aromatic N) is 9. The summed E-state index contributed by atoms with van der Waals surface area (Å²) in [6, 6.07) is 2.56. The molecule has 10 heteroatoms. The third-order valence-corrected chi connectivity index (χ3v) is 2.07. The van der Waals surface area contributed by atoms with Gasteiger partial charge in [-0.1, -0.05) is 0 Å². The zero-order valence-electron chi connectivity index (χ0n) is 13.7. The Morgan fingerprint density at radius 2 is 1.67 bits per heavy atom. The van der Waals surface area contributed by atoms with Gasteiger partial charge >= 0.3 is 0 Å².